The Labute approximate surface area is 272 Å². The second-order valence-corrected chi connectivity index (χ2v) is 13.4. The van der Waals surface area contributed by atoms with E-state index in [1.165, 1.54) is 42.6 Å². The summed E-state index contributed by atoms with van der Waals surface area (Å²) < 4.78 is 33.4. The third kappa shape index (κ3) is 9.48. The number of sulfonamides is 1. The van der Waals surface area contributed by atoms with E-state index in [1.54, 1.807) is 13.8 Å². The van der Waals surface area contributed by atoms with Crippen molar-refractivity contribution < 1.29 is 32.6 Å². The molecule has 0 aliphatic rings. The Bertz CT molecular complexity index is 1490. The number of alkyl carbamates (subject to hydrolysis) is 1. The maximum Gasteiger partial charge on any atom is 0.407 e. The molecular weight excluding hydrogens is 606 g/mol. The molecule has 0 bridgehead atoms. The summed E-state index contributed by atoms with van der Waals surface area (Å²) in [5.74, 6) is -1.06. The number of carbonyl (C=O) groups excluding carboxylic acids is 3. The first kappa shape index (κ1) is 36.4. The summed E-state index contributed by atoms with van der Waals surface area (Å²) in [4.78, 5) is 37.9. The standard InChI is InChI=1S/C35H45N3O7S/c1-24(2)38(46(43,44)31-21-19-27(20-22-31)26(4)40)30(23-39)18-12-13-25(3)36-34(41)33(37-35(42)45-5)32(28-14-8-6-9-15-28)29-16-10-7-11-17-29/h6-11,14-17,19-22,24-25,30,32-33,39H,12-13,18,23H2,1-5H3,(H,36,41)(H,37,42)/t25-,30-,33-/m0/s1. The highest BCUT2D eigenvalue weighted by atomic mass is 32.2. The van der Waals surface area contributed by atoms with Crippen molar-refractivity contribution >= 4 is 27.8 Å². The normalized spacial score (nSPS) is 13.7. The van der Waals surface area contributed by atoms with E-state index < -0.39 is 46.1 Å². The van der Waals surface area contributed by atoms with Gasteiger partial charge in [-0.05, 0) is 70.2 Å². The largest absolute Gasteiger partial charge is 0.453 e. The van der Waals surface area contributed by atoms with Gasteiger partial charge in [-0.3, -0.25) is 9.59 Å². The van der Waals surface area contributed by atoms with Crippen LogP contribution in [0.4, 0.5) is 4.79 Å². The minimum Gasteiger partial charge on any atom is -0.453 e. The summed E-state index contributed by atoms with van der Waals surface area (Å²) in [6.07, 6.45) is 0.611. The van der Waals surface area contributed by atoms with Gasteiger partial charge in [0.15, 0.2) is 5.78 Å². The van der Waals surface area contributed by atoms with Crippen LogP contribution in [0.5, 0.6) is 0 Å². The SMILES string of the molecule is COC(=O)N[C@H](C(=O)N[C@@H](C)CCC[C@@H](CO)N(C(C)C)S(=O)(=O)c1ccc(C(C)=O)cc1)C(c1ccccc1)c1ccccc1. The zero-order valence-corrected chi connectivity index (χ0v) is 27.9. The number of hydrogen-bond acceptors (Lipinski definition) is 7. The van der Waals surface area contributed by atoms with Crippen LogP contribution in [-0.2, 0) is 19.6 Å². The molecule has 0 aliphatic carbocycles. The van der Waals surface area contributed by atoms with Gasteiger partial charge in [0, 0.05) is 29.6 Å². The lowest BCUT2D eigenvalue weighted by Crippen LogP contribution is -2.52. The van der Waals surface area contributed by atoms with Crippen LogP contribution in [-0.4, -0.2) is 73.5 Å². The molecule has 0 fully saturated rings. The first-order chi connectivity index (χ1) is 21.9. The van der Waals surface area contributed by atoms with E-state index >= 15 is 0 Å². The Kier molecular flexibility index (Phi) is 13.5. The molecule has 0 unspecified atom stereocenters. The number of hydrogen-bond donors (Lipinski definition) is 3. The number of aliphatic hydroxyl groups is 1. The highest BCUT2D eigenvalue weighted by Crippen LogP contribution is 2.29. The Balaban J connectivity index is 1.74. The van der Waals surface area contributed by atoms with Gasteiger partial charge in [-0.1, -0.05) is 72.8 Å². The van der Waals surface area contributed by atoms with E-state index in [2.05, 4.69) is 10.6 Å². The fourth-order valence-corrected chi connectivity index (χ4v) is 7.47. The van der Waals surface area contributed by atoms with Crippen molar-refractivity contribution in [3.63, 3.8) is 0 Å². The number of aliphatic hydroxyl groups excluding tert-OH is 1. The van der Waals surface area contributed by atoms with Crippen LogP contribution in [0.15, 0.2) is 89.8 Å². The number of carbonyl (C=O) groups is 3. The molecule has 10 nitrogen and oxygen atoms in total. The lowest BCUT2D eigenvalue weighted by Gasteiger charge is -2.33. The van der Waals surface area contributed by atoms with Crippen LogP contribution in [0.25, 0.3) is 0 Å². The average Bonchev–Trinajstić information content (AvgIpc) is 3.04. The second-order valence-electron chi connectivity index (χ2n) is 11.6. The van der Waals surface area contributed by atoms with E-state index in [-0.39, 0.29) is 23.3 Å². The molecule has 0 saturated carbocycles. The van der Waals surface area contributed by atoms with Crippen molar-refractivity contribution in [2.24, 2.45) is 0 Å². The summed E-state index contributed by atoms with van der Waals surface area (Å²) in [5.41, 5.74) is 2.09. The van der Waals surface area contributed by atoms with Crippen LogP contribution < -0.4 is 10.6 Å². The highest BCUT2D eigenvalue weighted by Gasteiger charge is 2.35. The summed E-state index contributed by atoms with van der Waals surface area (Å²) in [5, 5.41) is 16.0. The van der Waals surface area contributed by atoms with Gasteiger partial charge < -0.3 is 20.5 Å². The molecule has 46 heavy (non-hydrogen) atoms. The molecule has 0 spiro atoms. The van der Waals surface area contributed by atoms with Gasteiger partial charge in [-0.2, -0.15) is 4.31 Å². The lowest BCUT2D eigenvalue weighted by atomic mass is 9.84. The third-order valence-electron chi connectivity index (χ3n) is 7.87. The predicted molar refractivity (Wildman–Crippen MR) is 177 cm³/mol. The van der Waals surface area contributed by atoms with E-state index in [1.807, 2.05) is 67.6 Å². The number of nitrogens with zero attached hydrogens (tertiary/aromatic N) is 1. The molecule has 0 radical (unpaired) electrons. The second kappa shape index (κ2) is 17.0. The first-order valence-corrected chi connectivity index (χ1v) is 16.8. The minimum atomic E-state index is -3.97. The van der Waals surface area contributed by atoms with Gasteiger partial charge >= 0.3 is 6.09 Å². The number of benzene rings is 3. The van der Waals surface area contributed by atoms with Crippen molar-refractivity contribution in [3.8, 4) is 0 Å². The molecule has 3 atom stereocenters. The Morgan fingerprint density at radius 3 is 1.83 bits per heavy atom. The molecule has 0 heterocycles. The molecule has 3 aromatic rings. The molecule has 3 N–H and O–H groups in total. The molecule has 3 rings (SSSR count). The molecule has 0 aliphatic heterocycles. The lowest BCUT2D eigenvalue weighted by molar-refractivity contribution is -0.124. The number of Topliss-reactive ketones (excluding diaryl/α,β-unsaturated/α-hetero) is 1. The quantitative estimate of drug-likeness (QED) is 0.188. The van der Waals surface area contributed by atoms with Gasteiger partial charge in [0.25, 0.3) is 0 Å². The molecule has 0 aromatic heterocycles. The van der Waals surface area contributed by atoms with E-state index in [4.69, 9.17) is 4.74 Å². The van der Waals surface area contributed by atoms with Crippen LogP contribution in [0, 0.1) is 0 Å². The van der Waals surface area contributed by atoms with Crippen molar-refractivity contribution in [3.05, 3.63) is 102 Å². The molecule has 0 saturated heterocycles. The number of amides is 2. The van der Waals surface area contributed by atoms with Crippen LogP contribution >= 0.6 is 0 Å². The van der Waals surface area contributed by atoms with Gasteiger partial charge in [0.05, 0.1) is 18.6 Å². The molecule has 248 valence electrons. The maximum atomic E-state index is 13.8. The number of ketones is 1. The van der Waals surface area contributed by atoms with Gasteiger partial charge in [-0.15, -0.1) is 0 Å². The van der Waals surface area contributed by atoms with Crippen molar-refractivity contribution in [1.29, 1.82) is 0 Å². The summed E-state index contributed by atoms with van der Waals surface area (Å²) in [7, 11) is -2.73. The summed E-state index contributed by atoms with van der Waals surface area (Å²) in [6.45, 7) is 6.36. The Hall–Kier alpha value is -4.06. The van der Waals surface area contributed by atoms with Gasteiger partial charge in [0.2, 0.25) is 15.9 Å². The topological polar surface area (TPSA) is 142 Å². The number of rotatable bonds is 16. The molecular formula is C35H45N3O7S. The van der Waals surface area contributed by atoms with Gasteiger partial charge in [0.1, 0.15) is 6.04 Å². The fraction of sp³-hybridized carbons (Fsp3) is 0.400. The molecule has 11 heteroatoms. The zero-order chi connectivity index (χ0) is 33.9. The zero-order valence-electron chi connectivity index (χ0n) is 27.1. The third-order valence-corrected chi connectivity index (χ3v) is 10.0. The van der Waals surface area contributed by atoms with E-state index in [0.29, 0.717) is 24.8 Å². The van der Waals surface area contributed by atoms with Crippen LogP contribution in [0.3, 0.4) is 0 Å². The van der Waals surface area contributed by atoms with Crippen molar-refractivity contribution in [2.45, 2.75) is 81.9 Å². The fourth-order valence-electron chi connectivity index (χ4n) is 5.63. The highest BCUT2D eigenvalue weighted by molar-refractivity contribution is 7.89. The Morgan fingerprint density at radius 2 is 1.37 bits per heavy atom. The van der Waals surface area contributed by atoms with Crippen LogP contribution in [0.2, 0.25) is 0 Å². The maximum absolute atomic E-state index is 13.8. The summed E-state index contributed by atoms with van der Waals surface area (Å²) >= 11 is 0. The number of ether oxygens (including phenoxy) is 1. The van der Waals surface area contributed by atoms with E-state index in [9.17, 15) is 27.9 Å². The van der Waals surface area contributed by atoms with Gasteiger partial charge in [-0.25, -0.2) is 13.2 Å². The molecule has 2 amide bonds. The minimum absolute atomic E-state index is 0.0424. The Morgan fingerprint density at radius 1 is 0.826 bits per heavy atom. The number of nitrogens with one attached hydrogen (secondary N) is 2. The first-order valence-electron chi connectivity index (χ1n) is 15.4. The van der Waals surface area contributed by atoms with Crippen molar-refractivity contribution in [1.82, 2.24) is 14.9 Å². The number of methoxy groups -OCH3 is 1. The van der Waals surface area contributed by atoms with Crippen LogP contribution in [0.1, 0.15) is 74.4 Å². The summed E-state index contributed by atoms with van der Waals surface area (Å²) in [6, 6.07) is 22.2. The smallest absolute Gasteiger partial charge is 0.407 e. The average molecular weight is 652 g/mol. The van der Waals surface area contributed by atoms with Crippen molar-refractivity contribution in [2.75, 3.05) is 13.7 Å². The van der Waals surface area contributed by atoms with E-state index in [0.717, 1.165) is 11.1 Å². The predicted octanol–water partition coefficient (Wildman–Crippen LogP) is 4.88. The monoisotopic (exact) mass is 651 g/mol. The molecule has 3 aromatic carbocycles.